The highest BCUT2D eigenvalue weighted by Gasteiger charge is 2.28. The van der Waals surface area contributed by atoms with Crippen molar-refractivity contribution < 1.29 is 18.3 Å². The second kappa shape index (κ2) is 7.67. The molecule has 1 aliphatic heterocycles. The average Bonchev–Trinajstić information content (AvgIpc) is 3.31. The van der Waals surface area contributed by atoms with Crippen molar-refractivity contribution in [2.75, 3.05) is 13.1 Å². The Morgan fingerprint density at radius 3 is 2.71 bits per heavy atom. The third-order valence-electron chi connectivity index (χ3n) is 4.82. The summed E-state index contributed by atoms with van der Waals surface area (Å²) in [4.78, 5) is 18.6. The molecule has 1 aliphatic rings. The van der Waals surface area contributed by atoms with E-state index in [1.165, 1.54) is 12.1 Å². The first-order chi connectivity index (χ1) is 13.5. The van der Waals surface area contributed by atoms with Gasteiger partial charge >= 0.3 is 0 Å². The number of amides is 1. The average molecular weight is 406 g/mol. The van der Waals surface area contributed by atoms with Crippen LogP contribution < -0.4 is 0 Å². The zero-order chi connectivity index (χ0) is 19.7. The standard InChI is InChI=1S/C18H17ClFN5O3/c1-10-15(23-28-22-10)9-16(26)25-4-2-11(3-5-25)18-21-17(24-27-18)12-6-13(19)8-14(20)7-12/h6-8,11H,2-5,9H2,1H3. The molecule has 1 saturated heterocycles. The molecule has 2 aromatic heterocycles. The molecule has 0 unspecified atom stereocenters. The number of hydrogen-bond donors (Lipinski definition) is 0. The van der Waals surface area contributed by atoms with Crippen LogP contribution in [0.3, 0.4) is 0 Å². The van der Waals surface area contributed by atoms with Gasteiger partial charge in [-0.05, 0) is 38.0 Å². The van der Waals surface area contributed by atoms with Gasteiger partial charge in [0, 0.05) is 29.6 Å². The minimum atomic E-state index is -0.460. The first kappa shape index (κ1) is 18.5. The number of piperidine rings is 1. The van der Waals surface area contributed by atoms with Crippen LogP contribution in [0.4, 0.5) is 4.39 Å². The molecule has 28 heavy (non-hydrogen) atoms. The number of nitrogens with zero attached hydrogens (tertiary/aromatic N) is 5. The van der Waals surface area contributed by atoms with Crippen LogP contribution >= 0.6 is 11.6 Å². The zero-order valence-electron chi connectivity index (χ0n) is 15.1. The van der Waals surface area contributed by atoms with Gasteiger partial charge in [0.1, 0.15) is 17.2 Å². The van der Waals surface area contributed by atoms with Gasteiger partial charge in [0.15, 0.2) is 0 Å². The SMILES string of the molecule is Cc1nonc1CC(=O)N1CCC(c2nc(-c3cc(F)cc(Cl)c3)no2)CC1. The molecule has 4 rings (SSSR count). The summed E-state index contributed by atoms with van der Waals surface area (Å²) in [5, 5.41) is 11.7. The van der Waals surface area contributed by atoms with E-state index in [9.17, 15) is 9.18 Å². The van der Waals surface area contributed by atoms with Gasteiger partial charge in [0.25, 0.3) is 0 Å². The van der Waals surface area contributed by atoms with Crippen molar-refractivity contribution in [3.05, 3.63) is 46.3 Å². The molecule has 0 N–H and O–H groups in total. The van der Waals surface area contributed by atoms with E-state index in [1.54, 1.807) is 17.9 Å². The highest BCUT2D eigenvalue weighted by atomic mass is 35.5. The number of rotatable bonds is 4. The Morgan fingerprint density at radius 1 is 1.25 bits per heavy atom. The van der Waals surface area contributed by atoms with E-state index in [0.29, 0.717) is 54.6 Å². The van der Waals surface area contributed by atoms with E-state index in [-0.39, 0.29) is 23.3 Å². The Balaban J connectivity index is 1.38. The summed E-state index contributed by atoms with van der Waals surface area (Å²) in [7, 11) is 0. The number of halogens is 2. The summed E-state index contributed by atoms with van der Waals surface area (Å²) in [6, 6.07) is 4.11. The monoisotopic (exact) mass is 405 g/mol. The van der Waals surface area contributed by atoms with E-state index in [0.717, 1.165) is 0 Å². The lowest BCUT2D eigenvalue weighted by atomic mass is 9.96. The number of aryl methyl sites for hydroxylation is 1. The van der Waals surface area contributed by atoms with E-state index in [2.05, 4.69) is 25.1 Å². The third kappa shape index (κ3) is 3.89. The topological polar surface area (TPSA) is 98.2 Å². The maximum atomic E-state index is 13.5. The van der Waals surface area contributed by atoms with Gasteiger partial charge in [-0.25, -0.2) is 9.02 Å². The van der Waals surface area contributed by atoms with Crippen molar-refractivity contribution in [2.45, 2.75) is 32.1 Å². The summed E-state index contributed by atoms with van der Waals surface area (Å²) in [6.45, 7) is 2.92. The Hall–Kier alpha value is -2.81. The zero-order valence-corrected chi connectivity index (χ0v) is 15.8. The second-order valence-electron chi connectivity index (χ2n) is 6.74. The summed E-state index contributed by atoms with van der Waals surface area (Å²) >= 11 is 5.88. The minimum Gasteiger partial charge on any atom is -0.342 e. The van der Waals surface area contributed by atoms with Crippen LogP contribution in [0.1, 0.15) is 36.0 Å². The second-order valence-corrected chi connectivity index (χ2v) is 7.18. The predicted octanol–water partition coefficient (Wildman–Crippen LogP) is 3.17. The lowest BCUT2D eigenvalue weighted by Crippen LogP contribution is -2.39. The first-order valence-corrected chi connectivity index (χ1v) is 9.23. The van der Waals surface area contributed by atoms with Crippen LogP contribution in [0, 0.1) is 12.7 Å². The summed E-state index contributed by atoms with van der Waals surface area (Å²) < 4.78 is 23.5. The Kier molecular flexibility index (Phi) is 5.08. The Morgan fingerprint density at radius 2 is 2.04 bits per heavy atom. The fourth-order valence-electron chi connectivity index (χ4n) is 3.24. The summed E-state index contributed by atoms with van der Waals surface area (Å²) in [5.41, 5.74) is 1.64. The van der Waals surface area contributed by atoms with Crippen molar-refractivity contribution in [3.8, 4) is 11.4 Å². The first-order valence-electron chi connectivity index (χ1n) is 8.85. The van der Waals surface area contributed by atoms with E-state index >= 15 is 0 Å². The molecule has 146 valence electrons. The van der Waals surface area contributed by atoms with E-state index < -0.39 is 5.82 Å². The molecular weight excluding hydrogens is 389 g/mol. The van der Waals surface area contributed by atoms with E-state index in [4.69, 9.17) is 16.1 Å². The number of benzene rings is 1. The van der Waals surface area contributed by atoms with Gasteiger partial charge in [-0.2, -0.15) is 4.98 Å². The molecule has 0 bridgehead atoms. The highest BCUT2D eigenvalue weighted by Crippen LogP contribution is 2.29. The van der Waals surface area contributed by atoms with Crippen LogP contribution in [0.25, 0.3) is 11.4 Å². The van der Waals surface area contributed by atoms with Gasteiger partial charge in [-0.3, -0.25) is 4.79 Å². The molecule has 0 aliphatic carbocycles. The molecule has 0 spiro atoms. The van der Waals surface area contributed by atoms with Crippen LogP contribution in [0.5, 0.6) is 0 Å². The molecule has 0 atom stereocenters. The van der Waals surface area contributed by atoms with Crippen molar-refractivity contribution in [1.82, 2.24) is 25.4 Å². The fourth-order valence-corrected chi connectivity index (χ4v) is 3.46. The lowest BCUT2D eigenvalue weighted by molar-refractivity contribution is -0.131. The highest BCUT2D eigenvalue weighted by molar-refractivity contribution is 6.30. The smallest absolute Gasteiger partial charge is 0.230 e. The molecule has 3 aromatic rings. The predicted molar refractivity (Wildman–Crippen MR) is 96.0 cm³/mol. The van der Waals surface area contributed by atoms with Crippen LogP contribution in [0.15, 0.2) is 27.4 Å². The molecule has 1 fully saturated rings. The van der Waals surface area contributed by atoms with Crippen LogP contribution in [0.2, 0.25) is 5.02 Å². The largest absolute Gasteiger partial charge is 0.342 e. The molecule has 0 saturated carbocycles. The molecule has 3 heterocycles. The van der Waals surface area contributed by atoms with Crippen LogP contribution in [-0.4, -0.2) is 44.4 Å². The van der Waals surface area contributed by atoms with Crippen molar-refractivity contribution >= 4 is 17.5 Å². The normalized spacial score (nSPS) is 15.2. The van der Waals surface area contributed by atoms with E-state index in [1.807, 2.05) is 0 Å². The number of likely N-dealkylation sites (tertiary alicyclic amines) is 1. The Bertz CT molecular complexity index is 977. The van der Waals surface area contributed by atoms with Gasteiger partial charge in [0.05, 0.1) is 6.42 Å². The molecule has 1 amide bonds. The maximum Gasteiger partial charge on any atom is 0.230 e. The number of aromatic nitrogens is 4. The number of carbonyl (C=O) groups excluding carboxylic acids is 1. The maximum absolute atomic E-state index is 13.5. The quantitative estimate of drug-likeness (QED) is 0.657. The van der Waals surface area contributed by atoms with Crippen molar-refractivity contribution in [3.63, 3.8) is 0 Å². The lowest BCUT2D eigenvalue weighted by Gasteiger charge is -2.30. The molecule has 8 nitrogen and oxygen atoms in total. The number of hydrogen-bond acceptors (Lipinski definition) is 7. The molecule has 10 heteroatoms. The summed E-state index contributed by atoms with van der Waals surface area (Å²) in [6.07, 6.45) is 1.58. The molecule has 0 radical (unpaired) electrons. The number of carbonyl (C=O) groups is 1. The van der Waals surface area contributed by atoms with Gasteiger partial charge in [-0.1, -0.05) is 27.1 Å². The Labute approximate surface area is 164 Å². The molecule has 1 aromatic carbocycles. The minimum absolute atomic E-state index is 0.0159. The molecular formula is C18H17ClFN5O3. The van der Waals surface area contributed by atoms with Gasteiger partial charge in [-0.15, -0.1) is 0 Å². The van der Waals surface area contributed by atoms with Crippen molar-refractivity contribution in [2.24, 2.45) is 0 Å². The van der Waals surface area contributed by atoms with Gasteiger partial charge < -0.3 is 9.42 Å². The summed E-state index contributed by atoms with van der Waals surface area (Å²) in [5.74, 6) is 0.351. The van der Waals surface area contributed by atoms with Crippen molar-refractivity contribution in [1.29, 1.82) is 0 Å². The third-order valence-corrected chi connectivity index (χ3v) is 5.04. The fraction of sp³-hybridized carbons (Fsp3) is 0.389. The van der Waals surface area contributed by atoms with Crippen LogP contribution in [-0.2, 0) is 11.2 Å². The van der Waals surface area contributed by atoms with Gasteiger partial charge in [0.2, 0.25) is 17.6 Å².